The third-order valence-electron chi connectivity index (χ3n) is 29.7. The number of hydrogen-bond donors (Lipinski definition) is 0. The van der Waals surface area contributed by atoms with Gasteiger partial charge in [0.25, 0.3) is 0 Å². The first kappa shape index (κ1) is 105. The highest BCUT2D eigenvalue weighted by molar-refractivity contribution is 5.89. The topological polar surface area (TPSA) is 107 Å². The van der Waals surface area contributed by atoms with Crippen LogP contribution in [0.4, 0.5) is 0 Å². The molecular formula is C126H160O9. The first-order valence-electron chi connectivity index (χ1n) is 51.8. The first-order valence-corrected chi connectivity index (χ1v) is 51.8. The Morgan fingerprint density at radius 3 is 0.719 bits per heavy atom. The highest BCUT2D eigenvalue weighted by Crippen LogP contribution is 2.53. The van der Waals surface area contributed by atoms with Crippen LogP contribution in [0.1, 0.15) is 423 Å². The van der Waals surface area contributed by atoms with E-state index in [9.17, 15) is 14.4 Å². The van der Waals surface area contributed by atoms with E-state index in [1.807, 2.05) is 109 Å². The van der Waals surface area contributed by atoms with Crippen LogP contribution in [-0.2, 0) is 14.4 Å². The maximum atomic E-state index is 13.0. The molecule has 0 bridgehead atoms. The molecule has 0 aromatic heterocycles. The Labute approximate surface area is 813 Å². The van der Waals surface area contributed by atoms with Crippen LogP contribution in [0.3, 0.4) is 0 Å². The lowest BCUT2D eigenvalue weighted by Gasteiger charge is -2.32. The van der Waals surface area contributed by atoms with Gasteiger partial charge in [0.05, 0.1) is 19.8 Å². The van der Waals surface area contributed by atoms with E-state index < -0.39 is 17.9 Å². The Kier molecular flexibility index (Phi) is 41.6. The van der Waals surface area contributed by atoms with E-state index in [0.717, 1.165) is 134 Å². The number of hydrogen-bond acceptors (Lipinski definition) is 9. The van der Waals surface area contributed by atoms with Crippen molar-refractivity contribution in [2.75, 3.05) is 19.8 Å². The Bertz CT molecular complexity index is 5180. The predicted octanol–water partition coefficient (Wildman–Crippen LogP) is 35.0. The van der Waals surface area contributed by atoms with Gasteiger partial charge in [-0.3, -0.25) is 0 Å². The summed E-state index contributed by atoms with van der Waals surface area (Å²) in [5.41, 5.74) is 27.1. The van der Waals surface area contributed by atoms with Crippen molar-refractivity contribution in [3.8, 4) is 34.5 Å². The summed E-state index contributed by atoms with van der Waals surface area (Å²) in [4.78, 5) is 38.3. The average molecular weight is 1820 g/mol. The van der Waals surface area contributed by atoms with Gasteiger partial charge in [-0.2, -0.15) is 0 Å². The largest absolute Gasteiger partial charge is 0.494 e. The molecule has 9 aromatic rings. The van der Waals surface area contributed by atoms with Gasteiger partial charge in [0, 0.05) is 29.6 Å². The van der Waals surface area contributed by atoms with E-state index in [2.05, 4.69) is 188 Å². The number of benzene rings is 9. The van der Waals surface area contributed by atoms with E-state index in [4.69, 9.17) is 28.4 Å². The van der Waals surface area contributed by atoms with Crippen molar-refractivity contribution in [3.05, 3.63) is 338 Å². The minimum Gasteiger partial charge on any atom is -0.494 e. The number of esters is 3. The van der Waals surface area contributed by atoms with E-state index in [1.165, 1.54) is 224 Å². The lowest BCUT2D eigenvalue weighted by Crippen LogP contribution is -2.17. The van der Waals surface area contributed by atoms with Gasteiger partial charge in [-0.15, -0.1) is 0 Å². The molecule has 0 aliphatic heterocycles. The lowest BCUT2D eigenvalue weighted by molar-refractivity contribution is -0.130. The van der Waals surface area contributed by atoms with Crippen LogP contribution in [-0.4, -0.2) is 37.7 Å². The van der Waals surface area contributed by atoms with Crippen LogP contribution in [0.15, 0.2) is 221 Å². The highest BCUT2D eigenvalue weighted by atomic mass is 16.5. The van der Waals surface area contributed by atoms with Crippen LogP contribution in [0.2, 0.25) is 0 Å². The predicted molar refractivity (Wildman–Crippen MR) is 567 cm³/mol. The van der Waals surface area contributed by atoms with Crippen LogP contribution in [0.5, 0.6) is 34.5 Å². The second kappa shape index (κ2) is 53.7. The van der Waals surface area contributed by atoms with Crippen molar-refractivity contribution in [2.24, 2.45) is 0 Å². The molecule has 6 aliphatic carbocycles. The molecule has 0 saturated heterocycles. The third-order valence-corrected chi connectivity index (χ3v) is 29.7. The van der Waals surface area contributed by atoms with Gasteiger partial charge in [0.1, 0.15) is 34.5 Å². The number of ether oxygens (including phenoxy) is 6. The zero-order chi connectivity index (χ0) is 96.3. The van der Waals surface area contributed by atoms with Gasteiger partial charge >= 0.3 is 17.9 Å². The Hall–Kier alpha value is -10.8. The molecule has 15 rings (SSSR count). The van der Waals surface area contributed by atoms with Crippen molar-refractivity contribution < 1.29 is 42.8 Å². The van der Waals surface area contributed by atoms with Gasteiger partial charge in [-0.05, 0) is 360 Å². The van der Waals surface area contributed by atoms with Gasteiger partial charge in [-0.1, -0.05) is 315 Å². The number of carbonyl (C=O) groups excluding carboxylic acids is 3. The lowest BCUT2D eigenvalue weighted by atomic mass is 9.74. The molecule has 9 nitrogen and oxygen atoms in total. The summed E-state index contributed by atoms with van der Waals surface area (Å²) in [5.74, 6) is 7.45. The summed E-state index contributed by atoms with van der Waals surface area (Å²) >= 11 is 0. The van der Waals surface area contributed by atoms with E-state index in [1.54, 1.807) is 6.92 Å². The fourth-order valence-electron chi connectivity index (χ4n) is 22.4. The van der Waals surface area contributed by atoms with Crippen molar-refractivity contribution >= 4 is 36.1 Å². The summed E-state index contributed by atoms with van der Waals surface area (Å²) in [6.45, 7) is 50.6. The molecule has 0 radical (unpaired) electrons. The summed E-state index contributed by atoms with van der Waals surface area (Å²) in [6.07, 6.45) is 46.5. The first-order chi connectivity index (χ1) is 65.5. The summed E-state index contributed by atoms with van der Waals surface area (Å²) in [5, 5.41) is 0. The summed E-state index contributed by atoms with van der Waals surface area (Å²) in [7, 11) is 0. The van der Waals surface area contributed by atoms with Crippen LogP contribution >= 0.6 is 0 Å². The molecule has 3 atom stereocenters. The standard InChI is InChI=1S/C53H66O6.C49H70O3.3C8H8/c1-9-51(54)57-48-27-35(6)41(30-44(48)38-20-14-11-15-21-38)34(5)26-47(42-31-45(39-22-16-12-17-23-39)49(28-36(42)7)58-52(55)10-2)43-32-46(40-24-18-13-19-25-40)50(29-37(43)8)59-53(56)33(3)4;1-8-50-47-27-34(5)40(30-43(47)37-20-14-11-15-21-37)33(4)26-46(41-31-44(38-22-16-12-17-23-38)48(51-9-2)28-35(41)6)42-32-45(39-24-18-13-19-25-39)49(52-10-3)29-36(42)7;3*1-2-8-6-4-3-5-7-8/h9-10,27-32,34,38-40,47H,1-3,11-26H2,4-8H3;27-33,37-39,46H,8-26H2,1-7H3;3*2-7H,1H2. The van der Waals surface area contributed by atoms with E-state index in [-0.39, 0.29) is 17.8 Å². The fourth-order valence-corrected chi connectivity index (χ4v) is 22.4. The highest BCUT2D eigenvalue weighted by Gasteiger charge is 2.35. The fraction of sp³-hybridized carbons (Fsp3) is 0.452. The Morgan fingerprint density at radius 2 is 0.511 bits per heavy atom. The molecule has 0 spiro atoms. The zero-order valence-corrected chi connectivity index (χ0v) is 84.4. The van der Waals surface area contributed by atoms with Crippen LogP contribution < -0.4 is 28.4 Å². The van der Waals surface area contributed by atoms with E-state index >= 15 is 0 Å². The van der Waals surface area contributed by atoms with Crippen molar-refractivity contribution in [1.82, 2.24) is 0 Å². The molecule has 718 valence electrons. The molecule has 6 saturated carbocycles. The van der Waals surface area contributed by atoms with Gasteiger partial charge < -0.3 is 28.4 Å². The second-order valence-corrected chi connectivity index (χ2v) is 39.4. The molecular weight excluding hydrogens is 1660 g/mol. The zero-order valence-electron chi connectivity index (χ0n) is 84.4. The Morgan fingerprint density at radius 1 is 0.304 bits per heavy atom. The molecule has 6 aliphatic rings. The van der Waals surface area contributed by atoms with Gasteiger partial charge in [-0.25, -0.2) is 14.4 Å². The van der Waals surface area contributed by atoms with Gasteiger partial charge in [0.2, 0.25) is 0 Å². The molecule has 9 aromatic carbocycles. The summed E-state index contributed by atoms with van der Waals surface area (Å²) < 4.78 is 37.2. The molecule has 0 heterocycles. The average Bonchev–Trinajstić information content (AvgIpc) is 0.767. The maximum Gasteiger partial charge on any atom is 0.338 e. The minimum atomic E-state index is -0.446. The van der Waals surface area contributed by atoms with Crippen LogP contribution in [0, 0.1) is 41.5 Å². The maximum absolute atomic E-state index is 13.0. The quantitative estimate of drug-likeness (QED) is 0.0239. The molecule has 9 heteroatoms. The van der Waals surface area contributed by atoms with E-state index in [0.29, 0.717) is 77.5 Å². The monoisotopic (exact) mass is 1820 g/mol. The number of carbonyl (C=O) groups is 3. The minimum absolute atomic E-state index is 0.0273. The van der Waals surface area contributed by atoms with Crippen molar-refractivity contribution in [2.45, 2.75) is 348 Å². The van der Waals surface area contributed by atoms with Crippen LogP contribution in [0.25, 0.3) is 18.2 Å². The third kappa shape index (κ3) is 29.4. The molecule has 0 N–H and O–H groups in total. The number of rotatable bonds is 31. The molecule has 6 fully saturated rings. The number of aryl methyl sites for hydroxylation is 6. The summed E-state index contributed by atoms with van der Waals surface area (Å²) in [6, 6.07) is 58.3. The van der Waals surface area contributed by atoms with Crippen molar-refractivity contribution in [1.29, 1.82) is 0 Å². The normalized spacial score (nSPS) is 16.4. The molecule has 0 amide bonds. The second-order valence-electron chi connectivity index (χ2n) is 39.4. The molecule has 3 unspecified atom stereocenters. The Balaban J connectivity index is 0.000000208. The smallest absolute Gasteiger partial charge is 0.338 e. The van der Waals surface area contributed by atoms with Crippen molar-refractivity contribution in [3.63, 3.8) is 0 Å². The SMILES string of the molecule is C=CC(=O)Oc1cc(C)c(C(C)CC(c2cc(C3CCCCC3)c(OC(=O)C=C)cc2C)c2cc(C3CCCCC3)c(OC(=O)C(=C)C)cc2C)cc1C1CCCCC1.C=Cc1ccccc1.C=Cc1ccccc1.C=Cc1ccccc1.CCOc1cc(C)c(C(C)CC(c2cc(C3CCCCC3)c(OCC)cc2C)c2cc(C3CCCCC3)c(OCC)cc2C)cc1C1CCCCC1. The van der Waals surface area contributed by atoms with Gasteiger partial charge in [0.15, 0.2) is 0 Å². The molecule has 135 heavy (non-hydrogen) atoms.